The quantitative estimate of drug-likeness (QED) is 0.697. The van der Waals surface area contributed by atoms with E-state index < -0.39 is 0 Å². The molecule has 0 saturated carbocycles. The number of carbonyl (C=O) groups is 3. The average molecular weight is 360 g/mol. The molecule has 142 valence electrons. The molecule has 0 radical (unpaired) electrons. The molecule has 0 unspecified atom stereocenters. The first-order valence-electron chi connectivity index (χ1n) is 9.26. The fourth-order valence-corrected chi connectivity index (χ4v) is 2.97. The summed E-state index contributed by atoms with van der Waals surface area (Å²) < 4.78 is 4.84. The standard InChI is InChI=1S/C20H28N2O4/c1-3-26-20(25)11-10-19(24)22-14-12-21(13-15-22)18(23)9-8-17-6-4-16(2)5-7-17/h4-7H,3,8-15H2,1-2H3. The van der Waals surface area contributed by atoms with Gasteiger partial charge in [0.2, 0.25) is 11.8 Å². The number of carbonyl (C=O) groups excluding carboxylic acids is 3. The van der Waals surface area contributed by atoms with Gasteiger partial charge in [-0.25, -0.2) is 0 Å². The summed E-state index contributed by atoms with van der Waals surface area (Å²) >= 11 is 0. The lowest BCUT2D eigenvalue weighted by molar-refractivity contribution is -0.146. The van der Waals surface area contributed by atoms with Crippen LogP contribution in [0.25, 0.3) is 0 Å². The van der Waals surface area contributed by atoms with Gasteiger partial charge in [0.05, 0.1) is 13.0 Å². The van der Waals surface area contributed by atoms with Crippen LogP contribution in [-0.2, 0) is 25.5 Å². The number of benzene rings is 1. The van der Waals surface area contributed by atoms with Gasteiger partial charge in [-0.3, -0.25) is 14.4 Å². The fraction of sp³-hybridized carbons (Fsp3) is 0.550. The Morgan fingerprint density at radius 1 is 0.885 bits per heavy atom. The molecular weight excluding hydrogens is 332 g/mol. The van der Waals surface area contributed by atoms with Crippen LogP contribution in [0.4, 0.5) is 0 Å². The molecule has 0 spiro atoms. The van der Waals surface area contributed by atoms with Gasteiger partial charge in [-0.15, -0.1) is 0 Å². The summed E-state index contributed by atoms with van der Waals surface area (Å²) in [5.41, 5.74) is 2.38. The van der Waals surface area contributed by atoms with Crippen molar-refractivity contribution >= 4 is 17.8 Å². The maximum absolute atomic E-state index is 12.4. The molecule has 0 aliphatic carbocycles. The molecule has 6 heteroatoms. The van der Waals surface area contributed by atoms with Crippen LogP contribution in [0.3, 0.4) is 0 Å². The Morgan fingerprint density at radius 3 is 1.96 bits per heavy atom. The number of nitrogens with zero attached hydrogens (tertiary/aromatic N) is 2. The first-order valence-corrected chi connectivity index (χ1v) is 9.26. The SMILES string of the molecule is CCOC(=O)CCC(=O)N1CCN(C(=O)CCc2ccc(C)cc2)CC1. The van der Waals surface area contributed by atoms with Gasteiger partial charge < -0.3 is 14.5 Å². The number of ether oxygens (including phenoxy) is 1. The second-order valence-corrected chi connectivity index (χ2v) is 6.55. The van der Waals surface area contributed by atoms with Gasteiger partial charge in [0.15, 0.2) is 0 Å². The molecule has 2 amide bonds. The largest absolute Gasteiger partial charge is 0.466 e. The van der Waals surface area contributed by atoms with E-state index in [1.807, 2.05) is 11.8 Å². The van der Waals surface area contributed by atoms with Gasteiger partial charge in [-0.05, 0) is 25.8 Å². The van der Waals surface area contributed by atoms with Gasteiger partial charge in [0.1, 0.15) is 0 Å². The smallest absolute Gasteiger partial charge is 0.306 e. The van der Waals surface area contributed by atoms with Crippen LogP contribution >= 0.6 is 0 Å². The monoisotopic (exact) mass is 360 g/mol. The van der Waals surface area contributed by atoms with Gasteiger partial charge in [0, 0.05) is 39.0 Å². The number of hydrogen-bond acceptors (Lipinski definition) is 4. The van der Waals surface area contributed by atoms with Crippen molar-refractivity contribution in [1.29, 1.82) is 0 Å². The zero-order valence-electron chi connectivity index (χ0n) is 15.7. The predicted octanol–water partition coefficient (Wildman–Crippen LogP) is 1.94. The molecule has 1 heterocycles. The van der Waals surface area contributed by atoms with Crippen LogP contribution < -0.4 is 0 Å². The molecule has 1 aliphatic rings. The van der Waals surface area contributed by atoms with Crippen molar-refractivity contribution in [1.82, 2.24) is 9.80 Å². The van der Waals surface area contributed by atoms with E-state index in [-0.39, 0.29) is 30.6 Å². The number of rotatable bonds is 7. The van der Waals surface area contributed by atoms with E-state index in [2.05, 4.69) is 24.3 Å². The molecule has 1 aromatic rings. The van der Waals surface area contributed by atoms with Crippen LogP contribution in [0, 0.1) is 6.92 Å². The van der Waals surface area contributed by atoms with Crippen molar-refractivity contribution in [3.8, 4) is 0 Å². The second-order valence-electron chi connectivity index (χ2n) is 6.55. The van der Waals surface area contributed by atoms with Crippen LogP contribution in [0.2, 0.25) is 0 Å². The zero-order valence-corrected chi connectivity index (χ0v) is 15.7. The van der Waals surface area contributed by atoms with Crippen molar-refractivity contribution in [3.63, 3.8) is 0 Å². The highest BCUT2D eigenvalue weighted by molar-refractivity contribution is 5.82. The minimum absolute atomic E-state index is 0.0511. The number of esters is 1. The molecule has 0 N–H and O–H groups in total. The van der Waals surface area contributed by atoms with E-state index in [4.69, 9.17) is 4.74 Å². The molecule has 0 bridgehead atoms. The third-order valence-electron chi connectivity index (χ3n) is 4.58. The molecule has 26 heavy (non-hydrogen) atoms. The van der Waals surface area contributed by atoms with Gasteiger partial charge >= 0.3 is 5.97 Å². The van der Waals surface area contributed by atoms with Crippen LogP contribution in [0.15, 0.2) is 24.3 Å². The van der Waals surface area contributed by atoms with Gasteiger partial charge in [-0.1, -0.05) is 29.8 Å². The summed E-state index contributed by atoms with van der Waals surface area (Å²) in [5, 5.41) is 0. The van der Waals surface area contributed by atoms with Crippen molar-refractivity contribution < 1.29 is 19.1 Å². The van der Waals surface area contributed by atoms with E-state index in [1.165, 1.54) is 5.56 Å². The summed E-state index contributed by atoms with van der Waals surface area (Å²) in [7, 11) is 0. The Bertz CT molecular complexity index is 619. The number of piperazine rings is 1. The Labute approximate surface area is 155 Å². The normalized spacial score (nSPS) is 14.2. The average Bonchev–Trinajstić information content (AvgIpc) is 2.66. The number of amides is 2. The molecular formula is C20H28N2O4. The minimum Gasteiger partial charge on any atom is -0.466 e. The molecule has 1 aliphatic heterocycles. The molecule has 1 aromatic carbocycles. The third-order valence-corrected chi connectivity index (χ3v) is 4.58. The summed E-state index contributed by atoms with van der Waals surface area (Å²) in [5.74, 6) is -0.264. The minimum atomic E-state index is -0.342. The summed E-state index contributed by atoms with van der Waals surface area (Å²) in [6.07, 6.45) is 1.50. The van der Waals surface area contributed by atoms with E-state index in [1.54, 1.807) is 11.8 Å². The first kappa shape index (κ1) is 19.9. The van der Waals surface area contributed by atoms with E-state index in [9.17, 15) is 14.4 Å². The van der Waals surface area contributed by atoms with Gasteiger partial charge in [0.25, 0.3) is 0 Å². The number of aryl methyl sites for hydroxylation is 2. The predicted molar refractivity (Wildman–Crippen MR) is 98.5 cm³/mol. The molecule has 1 fully saturated rings. The molecule has 2 rings (SSSR count). The first-order chi connectivity index (χ1) is 12.5. The van der Waals surface area contributed by atoms with Crippen LogP contribution in [-0.4, -0.2) is 60.4 Å². The van der Waals surface area contributed by atoms with Crippen molar-refractivity contribution in [3.05, 3.63) is 35.4 Å². The van der Waals surface area contributed by atoms with Crippen molar-refractivity contribution in [2.45, 2.75) is 39.5 Å². The lowest BCUT2D eigenvalue weighted by Crippen LogP contribution is -2.50. The topological polar surface area (TPSA) is 66.9 Å². The highest BCUT2D eigenvalue weighted by Crippen LogP contribution is 2.10. The maximum atomic E-state index is 12.4. The summed E-state index contributed by atoms with van der Waals surface area (Å²) in [4.78, 5) is 39.4. The third kappa shape index (κ3) is 6.17. The summed E-state index contributed by atoms with van der Waals surface area (Å²) in [6, 6.07) is 8.23. The number of hydrogen-bond donors (Lipinski definition) is 0. The highest BCUT2D eigenvalue weighted by atomic mass is 16.5. The molecule has 0 atom stereocenters. The van der Waals surface area contributed by atoms with E-state index in [0.717, 1.165) is 12.0 Å². The fourth-order valence-electron chi connectivity index (χ4n) is 2.97. The van der Waals surface area contributed by atoms with Crippen molar-refractivity contribution in [2.75, 3.05) is 32.8 Å². The second kappa shape index (κ2) is 9.94. The van der Waals surface area contributed by atoms with Gasteiger partial charge in [-0.2, -0.15) is 0 Å². The molecule has 6 nitrogen and oxygen atoms in total. The Hall–Kier alpha value is -2.37. The Morgan fingerprint density at radius 2 is 1.42 bits per heavy atom. The van der Waals surface area contributed by atoms with Crippen LogP contribution in [0.5, 0.6) is 0 Å². The van der Waals surface area contributed by atoms with E-state index >= 15 is 0 Å². The Balaban J connectivity index is 1.69. The lowest BCUT2D eigenvalue weighted by Gasteiger charge is -2.35. The Kier molecular flexibility index (Phi) is 7.63. The van der Waals surface area contributed by atoms with E-state index in [0.29, 0.717) is 39.2 Å². The maximum Gasteiger partial charge on any atom is 0.306 e. The molecule has 0 aromatic heterocycles. The van der Waals surface area contributed by atoms with Crippen molar-refractivity contribution in [2.24, 2.45) is 0 Å². The highest BCUT2D eigenvalue weighted by Gasteiger charge is 2.24. The summed E-state index contributed by atoms with van der Waals surface area (Å²) in [6.45, 7) is 6.28. The molecule has 1 saturated heterocycles. The zero-order chi connectivity index (χ0) is 18.9. The lowest BCUT2D eigenvalue weighted by atomic mass is 10.1. The van der Waals surface area contributed by atoms with Crippen LogP contribution in [0.1, 0.15) is 37.3 Å².